The van der Waals surface area contributed by atoms with Crippen molar-refractivity contribution < 1.29 is 19.4 Å². The van der Waals surface area contributed by atoms with Crippen LogP contribution in [-0.4, -0.2) is 29.7 Å². The van der Waals surface area contributed by atoms with Gasteiger partial charge in [0.15, 0.2) is 11.5 Å². The molecule has 0 saturated heterocycles. The van der Waals surface area contributed by atoms with E-state index in [1.807, 2.05) is 19.1 Å². The van der Waals surface area contributed by atoms with Gasteiger partial charge in [-0.05, 0) is 49.2 Å². The van der Waals surface area contributed by atoms with Crippen molar-refractivity contribution >= 4 is 23.7 Å². The van der Waals surface area contributed by atoms with Crippen LogP contribution in [0.5, 0.6) is 11.5 Å². The minimum atomic E-state index is -0.886. The Morgan fingerprint density at radius 2 is 1.96 bits per heavy atom. The molecule has 0 aromatic heterocycles. The van der Waals surface area contributed by atoms with Crippen LogP contribution in [0, 0.1) is 6.92 Å². The number of aryl methyl sites for hydroxylation is 1. The molecule has 0 saturated carbocycles. The first kappa shape index (κ1) is 18.0. The average Bonchev–Trinajstić information content (AvgIpc) is 2.59. The summed E-state index contributed by atoms with van der Waals surface area (Å²) < 4.78 is 5.26. The van der Waals surface area contributed by atoms with E-state index in [1.165, 1.54) is 12.3 Å². The van der Waals surface area contributed by atoms with Gasteiger partial charge in [-0.2, -0.15) is 5.10 Å². The van der Waals surface area contributed by atoms with E-state index in [0.29, 0.717) is 23.6 Å². The van der Waals surface area contributed by atoms with Crippen LogP contribution in [-0.2, 0) is 9.59 Å². The maximum Gasteiger partial charge on any atom is 0.329 e. The van der Waals surface area contributed by atoms with Gasteiger partial charge < -0.3 is 15.2 Å². The molecule has 0 aliphatic heterocycles. The third-order valence-electron chi connectivity index (χ3n) is 3.26. The highest BCUT2D eigenvalue weighted by molar-refractivity contribution is 6.39. The van der Waals surface area contributed by atoms with Crippen LogP contribution >= 0.6 is 0 Å². The molecule has 0 heterocycles. The summed E-state index contributed by atoms with van der Waals surface area (Å²) in [4.78, 5) is 23.6. The van der Waals surface area contributed by atoms with Crippen LogP contribution in [0.1, 0.15) is 18.1 Å². The number of para-hydroxylation sites is 1. The lowest BCUT2D eigenvalue weighted by Gasteiger charge is -2.07. The Balaban J connectivity index is 1.95. The number of phenols is 1. The van der Waals surface area contributed by atoms with Crippen LogP contribution in [0.25, 0.3) is 0 Å². The van der Waals surface area contributed by atoms with Gasteiger partial charge in [0.2, 0.25) is 0 Å². The molecule has 3 N–H and O–H groups in total. The van der Waals surface area contributed by atoms with Gasteiger partial charge >= 0.3 is 11.8 Å². The molecular weight excluding hydrogens is 322 g/mol. The number of amides is 2. The minimum Gasteiger partial charge on any atom is -0.504 e. The summed E-state index contributed by atoms with van der Waals surface area (Å²) in [6.07, 6.45) is 1.35. The molecule has 0 fully saturated rings. The van der Waals surface area contributed by atoms with Crippen molar-refractivity contribution in [2.75, 3.05) is 11.9 Å². The van der Waals surface area contributed by atoms with Gasteiger partial charge in [0, 0.05) is 5.69 Å². The average molecular weight is 341 g/mol. The molecule has 0 spiro atoms. The summed E-state index contributed by atoms with van der Waals surface area (Å²) >= 11 is 0. The summed E-state index contributed by atoms with van der Waals surface area (Å²) in [5, 5.41) is 15.9. The molecule has 2 amide bonds. The molecule has 7 heteroatoms. The molecule has 130 valence electrons. The molecular formula is C18H19N3O4. The smallest absolute Gasteiger partial charge is 0.329 e. The molecule has 2 rings (SSSR count). The van der Waals surface area contributed by atoms with Gasteiger partial charge in [-0.3, -0.25) is 9.59 Å². The molecule has 7 nitrogen and oxygen atoms in total. The standard InChI is InChI=1S/C18H19N3O4/c1-3-25-16-10-13(8-9-15(16)22)11-19-21-18(24)17(23)20-14-7-5-4-6-12(14)2/h4-11,22H,3H2,1-2H3,(H,20,23)(H,21,24)/b19-11-. The van der Waals surface area contributed by atoms with E-state index in [1.54, 1.807) is 31.2 Å². The van der Waals surface area contributed by atoms with E-state index in [9.17, 15) is 14.7 Å². The van der Waals surface area contributed by atoms with Crippen molar-refractivity contribution in [3.8, 4) is 11.5 Å². The lowest BCUT2D eigenvalue weighted by molar-refractivity contribution is -0.136. The molecule has 2 aromatic carbocycles. The van der Waals surface area contributed by atoms with Crippen molar-refractivity contribution in [3.05, 3.63) is 53.6 Å². The predicted molar refractivity (Wildman–Crippen MR) is 94.8 cm³/mol. The summed E-state index contributed by atoms with van der Waals surface area (Å²) in [5.41, 5.74) is 4.16. The van der Waals surface area contributed by atoms with Gasteiger partial charge in [0.25, 0.3) is 0 Å². The maximum atomic E-state index is 11.8. The van der Waals surface area contributed by atoms with E-state index in [0.717, 1.165) is 5.56 Å². The fourth-order valence-electron chi connectivity index (χ4n) is 1.99. The van der Waals surface area contributed by atoms with Gasteiger partial charge in [-0.25, -0.2) is 5.43 Å². The number of benzene rings is 2. The van der Waals surface area contributed by atoms with E-state index in [4.69, 9.17) is 4.74 Å². The molecule has 0 atom stereocenters. The lowest BCUT2D eigenvalue weighted by atomic mass is 10.2. The molecule has 2 aromatic rings. The molecule has 0 aliphatic rings. The number of carbonyl (C=O) groups is 2. The van der Waals surface area contributed by atoms with Crippen LogP contribution in [0.4, 0.5) is 5.69 Å². The predicted octanol–water partition coefficient (Wildman–Crippen LogP) is 2.19. The van der Waals surface area contributed by atoms with Crippen LogP contribution in [0.2, 0.25) is 0 Å². The second kappa shape index (κ2) is 8.49. The van der Waals surface area contributed by atoms with E-state index in [2.05, 4.69) is 15.8 Å². The van der Waals surface area contributed by atoms with Crippen LogP contribution < -0.4 is 15.5 Å². The van der Waals surface area contributed by atoms with E-state index >= 15 is 0 Å². The highest BCUT2D eigenvalue weighted by Gasteiger charge is 2.13. The topological polar surface area (TPSA) is 100 Å². The minimum absolute atomic E-state index is 0.0145. The Morgan fingerprint density at radius 1 is 1.20 bits per heavy atom. The SMILES string of the molecule is CCOc1cc(/C=N\NC(=O)C(=O)Nc2ccccc2C)ccc1O. The first-order valence-corrected chi connectivity index (χ1v) is 7.67. The Morgan fingerprint density at radius 3 is 2.68 bits per heavy atom. The van der Waals surface area contributed by atoms with E-state index in [-0.39, 0.29) is 5.75 Å². The number of hydrogen-bond acceptors (Lipinski definition) is 5. The zero-order valence-electron chi connectivity index (χ0n) is 13.9. The number of phenolic OH excluding ortho intramolecular Hbond substituents is 1. The molecule has 0 aliphatic carbocycles. The second-order valence-electron chi connectivity index (χ2n) is 5.13. The number of hydrazone groups is 1. The quantitative estimate of drug-likeness (QED) is 0.441. The third-order valence-corrected chi connectivity index (χ3v) is 3.26. The molecule has 0 radical (unpaired) electrons. The number of ether oxygens (including phenoxy) is 1. The number of carbonyl (C=O) groups excluding carboxylic acids is 2. The van der Waals surface area contributed by atoms with Gasteiger partial charge in [0.1, 0.15) is 0 Å². The highest BCUT2D eigenvalue weighted by Crippen LogP contribution is 2.26. The van der Waals surface area contributed by atoms with Gasteiger partial charge in [-0.1, -0.05) is 18.2 Å². The Bertz CT molecular complexity index is 803. The first-order valence-electron chi connectivity index (χ1n) is 7.67. The Kier molecular flexibility index (Phi) is 6.11. The van der Waals surface area contributed by atoms with Crippen molar-refractivity contribution in [2.24, 2.45) is 5.10 Å². The normalized spacial score (nSPS) is 10.5. The Hall–Kier alpha value is -3.35. The summed E-state index contributed by atoms with van der Waals surface area (Å²) in [6, 6.07) is 11.8. The fourth-order valence-corrected chi connectivity index (χ4v) is 1.99. The number of nitrogens with one attached hydrogen (secondary N) is 2. The van der Waals surface area contributed by atoms with Crippen molar-refractivity contribution in [2.45, 2.75) is 13.8 Å². The van der Waals surface area contributed by atoms with Crippen molar-refractivity contribution in [1.82, 2.24) is 5.43 Å². The third kappa shape index (κ3) is 5.07. The van der Waals surface area contributed by atoms with E-state index < -0.39 is 11.8 Å². The molecule has 0 unspecified atom stereocenters. The highest BCUT2D eigenvalue weighted by atomic mass is 16.5. The van der Waals surface area contributed by atoms with Gasteiger partial charge in [0.05, 0.1) is 12.8 Å². The van der Waals surface area contributed by atoms with Crippen LogP contribution in [0.15, 0.2) is 47.6 Å². The second-order valence-corrected chi connectivity index (χ2v) is 5.13. The van der Waals surface area contributed by atoms with Gasteiger partial charge in [-0.15, -0.1) is 0 Å². The largest absolute Gasteiger partial charge is 0.504 e. The number of anilines is 1. The summed E-state index contributed by atoms with van der Waals surface area (Å²) in [5.74, 6) is -1.37. The number of aromatic hydroxyl groups is 1. The van der Waals surface area contributed by atoms with Crippen molar-refractivity contribution in [1.29, 1.82) is 0 Å². The molecule has 0 bridgehead atoms. The van der Waals surface area contributed by atoms with Crippen LogP contribution in [0.3, 0.4) is 0 Å². The maximum absolute atomic E-state index is 11.8. The number of nitrogens with zero attached hydrogens (tertiary/aromatic N) is 1. The summed E-state index contributed by atoms with van der Waals surface area (Å²) in [6.45, 7) is 4.03. The monoisotopic (exact) mass is 341 g/mol. The zero-order chi connectivity index (χ0) is 18.2. The molecule has 25 heavy (non-hydrogen) atoms. The summed E-state index contributed by atoms with van der Waals surface area (Å²) in [7, 11) is 0. The number of hydrogen-bond donors (Lipinski definition) is 3. The lowest BCUT2D eigenvalue weighted by Crippen LogP contribution is -2.32. The zero-order valence-corrected chi connectivity index (χ0v) is 13.9. The Labute approximate surface area is 145 Å². The number of rotatable bonds is 5. The van der Waals surface area contributed by atoms with Crippen molar-refractivity contribution in [3.63, 3.8) is 0 Å². The first-order chi connectivity index (χ1) is 12.0. The fraction of sp³-hybridized carbons (Fsp3) is 0.167.